The average Bonchev–Trinajstić information content (AvgIpc) is 2.22. The van der Waals surface area contributed by atoms with Crippen LogP contribution in [0.2, 0.25) is 0 Å². The Morgan fingerprint density at radius 2 is 1.35 bits per heavy atom. The van der Waals surface area contributed by atoms with Gasteiger partial charge in [0, 0.05) is 0 Å². The lowest BCUT2D eigenvalue weighted by Crippen LogP contribution is -2.52. The van der Waals surface area contributed by atoms with Crippen LogP contribution in [0.3, 0.4) is 0 Å². The summed E-state index contributed by atoms with van der Waals surface area (Å²) in [5.74, 6) is -4.10. The molecule has 0 aliphatic carbocycles. The second-order valence-corrected chi connectivity index (χ2v) is 5.03. The van der Waals surface area contributed by atoms with Gasteiger partial charge in [-0.1, -0.05) is 0 Å². The number of rotatable bonds is 6. The lowest BCUT2D eigenvalue weighted by atomic mass is 10.0. The molecule has 0 fully saturated rings. The maximum atomic E-state index is 10.5. The number of aliphatic hydroxyl groups excluding tert-OH is 5. The van der Waals surface area contributed by atoms with E-state index in [0.29, 0.717) is 0 Å². The fourth-order valence-electron chi connectivity index (χ4n) is 0.932. The summed E-state index contributed by atoms with van der Waals surface area (Å²) in [4.78, 5) is 27.4. The number of primary amides is 1. The predicted molar refractivity (Wildman–Crippen MR) is 51.3 cm³/mol. The summed E-state index contributed by atoms with van der Waals surface area (Å²) in [7, 11) is -5.12. The Bertz CT molecular complexity index is 317. The van der Waals surface area contributed by atoms with Gasteiger partial charge in [0.25, 0.3) is 0 Å². The third-order valence-electron chi connectivity index (χ3n) is 1.96. The first kappa shape index (κ1) is 16.4. The van der Waals surface area contributed by atoms with Crippen LogP contribution in [0.4, 0.5) is 0 Å². The Balaban J connectivity index is 4.76. The summed E-state index contributed by atoms with van der Waals surface area (Å²) in [5.41, 5.74) is 4.58. The molecule has 0 aromatic heterocycles. The number of hydrogen-bond donors (Lipinski definition) is 8. The number of carbonyl (C=O) groups is 1. The predicted octanol–water partition coefficient (Wildman–Crippen LogP) is -4.59. The smallest absolute Gasteiger partial charge is 0.356 e. The molecule has 102 valence electrons. The summed E-state index contributed by atoms with van der Waals surface area (Å²) < 4.78 is 10.5. The van der Waals surface area contributed by atoms with E-state index in [1.807, 2.05) is 0 Å². The van der Waals surface area contributed by atoms with E-state index in [9.17, 15) is 9.36 Å². The van der Waals surface area contributed by atoms with Gasteiger partial charge in [-0.25, -0.2) is 0 Å². The van der Waals surface area contributed by atoms with Gasteiger partial charge in [0.1, 0.15) is 18.3 Å². The molecule has 0 spiro atoms. The summed E-state index contributed by atoms with van der Waals surface area (Å²) in [5, 5.41) is 45.2. The Morgan fingerprint density at radius 3 is 1.65 bits per heavy atom. The van der Waals surface area contributed by atoms with Gasteiger partial charge in [0.05, 0.1) is 0 Å². The molecular formula is C6H14NO9P. The second-order valence-electron chi connectivity index (χ2n) is 3.32. The van der Waals surface area contributed by atoms with E-state index in [0.717, 1.165) is 0 Å². The second kappa shape index (κ2) is 5.85. The van der Waals surface area contributed by atoms with Gasteiger partial charge < -0.3 is 41.1 Å². The van der Waals surface area contributed by atoms with Crippen LogP contribution in [0.25, 0.3) is 0 Å². The minimum atomic E-state index is -5.12. The third-order valence-corrected chi connectivity index (χ3v) is 2.96. The van der Waals surface area contributed by atoms with E-state index in [1.165, 1.54) is 0 Å². The first-order valence-corrected chi connectivity index (χ1v) is 5.93. The van der Waals surface area contributed by atoms with Crippen LogP contribution < -0.4 is 5.73 Å². The lowest BCUT2D eigenvalue weighted by molar-refractivity contribution is -0.148. The van der Waals surface area contributed by atoms with E-state index in [-0.39, 0.29) is 0 Å². The van der Waals surface area contributed by atoms with E-state index < -0.39 is 43.8 Å². The number of carbonyl (C=O) groups excluding carboxylic acids is 1. The van der Waals surface area contributed by atoms with Crippen LogP contribution >= 0.6 is 7.60 Å². The molecule has 0 aromatic carbocycles. The maximum absolute atomic E-state index is 10.5. The zero-order chi connectivity index (χ0) is 14.0. The molecule has 0 saturated carbocycles. The van der Waals surface area contributed by atoms with Gasteiger partial charge in [-0.05, 0) is 0 Å². The van der Waals surface area contributed by atoms with Crippen molar-refractivity contribution in [1.29, 1.82) is 0 Å². The normalized spacial score (nSPS) is 21.4. The molecule has 0 aliphatic heterocycles. The standard InChI is InChI=1S/C6H14NO9P/c7-5(12)3(10)1(8)2(9)4(11)6(13)17(14,15)16/h1-4,6,8-11,13H,(H2,7,12)(H2,14,15,16)/t1-,2-,3-,4-,6?/m0/s1. The Labute approximate surface area is 95.1 Å². The van der Waals surface area contributed by atoms with E-state index >= 15 is 0 Å². The Hall–Kier alpha value is -0.580. The molecule has 0 radical (unpaired) electrons. The van der Waals surface area contributed by atoms with Gasteiger partial charge in [-0.2, -0.15) is 0 Å². The lowest BCUT2D eigenvalue weighted by Gasteiger charge is -2.28. The highest BCUT2D eigenvalue weighted by Gasteiger charge is 2.42. The van der Waals surface area contributed by atoms with Crippen LogP contribution in [-0.4, -0.2) is 71.5 Å². The van der Waals surface area contributed by atoms with Crippen molar-refractivity contribution in [2.75, 3.05) is 0 Å². The molecule has 0 saturated heterocycles. The highest BCUT2D eigenvalue weighted by molar-refractivity contribution is 7.52. The van der Waals surface area contributed by atoms with Crippen molar-refractivity contribution in [1.82, 2.24) is 0 Å². The van der Waals surface area contributed by atoms with Crippen molar-refractivity contribution in [2.24, 2.45) is 5.73 Å². The minimum Gasteiger partial charge on any atom is -0.387 e. The molecular weight excluding hydrogens is 261 g/mol. The molecule has 0 bridgehead atoms. The highest BCUT2D eigenvalue weighted by Crippen LogP contribution is 2.42. The zero-order valence-electron chi connectivity index (χ0n) is 8.36. The summed E-state index contributed by atoms with van der Waals surface area (Å²) in [6.45, 7) is 0. The topological polar surface area (TPSA) is 202 Å². The number of hydrogen-bond acceptors (Lipinski definition) is 7. The summed E-state index contributed by atoms with van der Waals surface area (Å²) in [6.07, 6.45) is -9.41. The summed E-state index contributed by atoms with van der Waals surface area (Å²) in [6, 6.07) is 0. The molecule has 11 heteroatoms. The summed E-state index contributed by atoms with van der Waals surface area (Å²) >= 11 is 0. The molecule has 9 N–H and O–H groups in total. The molecule has 17 heavy (non-hydrogen) atoms. The number of nitrogens with two attached hydrogens (primary N) is 1. The van der Waals surface area contributed by atoms with Gasteiger partial charge in [-0.3, -0.25) is 9.36 Å². The number of aliphatic hydroxyl groups is 5. The first-order chi connectivity index (χ1) is 7.50. The van der Waals surface area contributed by atoms with Gasteiger partial charge in [-0.15, -0.1) is 0 Å². The SMILES string of the molecule is NC(=O)[C@@H](O)[C@@H](O)[C@H](O)[C@H](O)C(O)P(=O)(O)O. The number of amides is 1. The van der Waals surface area contributed by atoms with Gasteiger partial charge in [0.15, 0.2) is 11.9 Å². The molecule has 1 amide bonds. The van der Waals surface area contributed by atoms with Crippen molar-refractivity contribution >= 4 is 13.5 Å². The molecule has 1 unspecified atom stereocenters. The largest absolute Gasteiger partial charge is 0.387 e. The van der Waals surface area contributed by atoms with E-state index in [4.69, 9.17) is 35.3 Å². The first-order valence-electron chi connectivity index (χ1n) is 4.25. The van der Waals surface area contributed by atoms with Crippen LogP contribution in [0, 0.1) is 0 Å². The molecule has 5 atom stereocenters. The van der Waals surface area contributed by atoms with E-state index in [1.54, 1.807) is 0 Å². The molecule has 10 nitrogen and oxygen atoms in total. The maximum Gasteiger partial charge on any atom is 0.356 e. The van der Waals surface area contributed by atoms with Crippen molar-refractivity contribution in [3.05, 3.63) is 0 Å². The molecule has 0 rings (SSSR count). The monoisotopic (exact) mass is 275 g/mol. The van der Waals surface area contributed by atoms with Crippen LogP contribution in [0.1, 0.15) is 0 Å². The van der Waals surface area contributed by atoms with Crippen LogP contribution in [0.15, 0.2) is 0 Å². The van der Waals surface area contributed by atoms with Crippen LogP contribution in [0.5, 0.6) is 0 Å². The minimum absolute atomic E-state index is 1.42. The average molecular weight is 275 g/mol. The van der Waals surface area contributed by atoms with E-state index in [2.05, 4.69) is 5.73 Å². The quantitative estimate of drug-likeness (QED) is 0.219. The van der Waals surface area contributed by atoms with Crippen LogP contribution in [-0.2, 0) is 9.36 Å². The fraction of sp³-hybridized carbons (Fsp3) is 0.833. The van der Waals surface area contributed by atoms with Gasteiger partial charge in [0.2, 0.25) is 5.91 Å². The van der Waals surface area contributed by atoms with Crippen molar-refractivity contribution < 1.29 is 44.7 Å². The third kappa shape index (κ3) is 4.30. The Kier molecular flexibility index (Phi) is 5.65. The van der Waals surface area contributed by atoms with Crippen molar-refractivity contribution in [3.8, 4) is 0 Å². The van der Waals surface area contributed by atoms with Gasteiger partial charge >= 0.3 is 7.60 Å². The molecule has 0 aromatic rings. The fourth-order valence-corrected chi connectivity index (χ4v) is 1.51. The van der Waals surface area contributed by atoms with Crippen molar-refractivity contribution in [3.63, 3.8) is 0 Å². The van der Waals surface area contributed by atoms with Crippen molar-refractivity contribution in [2.45, 2.75) is 30.3 Å². The molecule has 0 aliphatic rings. The molecule has 0 heterocycles. The zero-order valence-corrected chi connectivity index (χ0v) is 9.25. The highest BCUT2D eigenvalue weighted by atomic mass is 31.2. The Morgan fingerprint density at radius 1 is 0.941 bits per heavy atom.